The Hall–Kier alpha value is -1.67. The highest BCUT2D eigenvalue weighted by Gasteiger charge is 2.13. The third-order valence-corrected chi connectivity index (χ3v) is 3.80. The lowest BCUT2D eigenvalue weighted by Gasteiger charge is -2.19. The van der Waals surface area contributed by atoms with Gasteiger partial charge in [0.1, 0.15) is 5.82 Å². The summed E-state index contributed by atoms with van der Waals surface area (Å²) in [5.41, 5.74) is 3.89. The second-order valence-corrected chi connectivity index (χ2v) is 6.60. The third kappa shape index (κ3) is 4.40. The van der Waals surface area contributed by atoms with Crippen LogP contribution in [0.3, 0.4) is 0 Å². The molecule has 0 amide bonds. The molecule has 2 aromatic rings. The van der Waals surface area contributed by atoms with Gasteiger partial charge in [0.15, 0.2) is 0 Å². The summed E-state index contributed by atoms with van der Waals surface area (Å²) in [4.78, 5) is 0. The summed E-state index contributed by atoms with van der Waals surface area (Å²) in [5, 5.41) is 3.47. The van der Waals surface area contributed by atoms with E-state index in [0.29, 0.717) is 0 Å². The van der Waals surface area contributed by atoms with Crippen molar-refractivity contribution in [2.45, 2.75) is 45.7 Å². The molecule has 1 nitrogen and oxygen atoms in total. The van der Waals surface area contributed by atoms with Crippen LogP contribution in [0.4, 0.5) is 4.39 Å². The number of rotatable bonds is 4. The second-order valence-electron chi connectivity index (χ2n) is 6.60. The van der Waals surface area contributed by atoms with Crippen molar-refractivity contribution in [3.8, 4) is 0 Å². The minimum absolute atomic E-state index is 0.188. The summed E-state index contributed by atoms with van der Waals surface area (Å²) < 4.78 is 12.9. The largest absolute Gasteiger partial charge is 0.306 e. The van der Waals surface area contributed by atoms with Gasteiger partial charge in [0.25, 0.3) is 0 Å². The minimum Gasteiger partial charge on any atom is -0.306 e. The molecular formula is C19H24FN. The maximum atomic E-state index is 12.9. The van der Waals surface area contributed by atoms with Gasteiger partial charge in [-0.2, -0.15) is 0 Å². The van der Waals surface area contributed by atoms with Crippen LogP contribution in [0.25, 0.3) is 0 Å². The molecule has 21 heavy (non-hydrogen) atoms. The maximum Gasteiger partial charge on any atom is 0.123 e. The van der Waals surface area contributed by atoms with E-state index >= 15 is 0 Å². The smallest absolute Gasteiger partial charge is 0.123 e. The van der Waals surface area contributed by atoms with E-state index in [-0.39, 0.29) is 17.3 Å². The van der Waals surface area contributed by atoms with E-state index in [4.69, 9.17) is 0 Å². The van der Waals surface area contributed by atoms with Crippen LogP contribution in [0.15, 0.2) is 48.5 Å². The predicted molar refractivity (Wildman–Crippen MR) is 86.8 cm³/mol. The molecule has 0 aromatic heterocycles. The molecule has 0 saturated carbocycles. The predicted octanol–water partition coefficient (Wildman–Crippen LogP) is 4.97. The lowest BCUT2D eigenvalue weighted by molar-refractivity contribution is 0.568. The molecule has 0 bridgehead atoms. The van der Waals surface area contributed by atoms with Crippen LogP contribution in [-0.4, -0.2) is 0 Å². The molecule has 0 aliphatic carbocycles. The van der Waals surface area contributed by atoms with Gasteiger partial charge in [0, 0.05) is 12.6 Å². The Morgan fingerprint density at radius 1 is 0.952 bits per heavy atom. The van der Waals surface area contributed by atoms with E-state index < -0.39 is 0 Å². The maximum absolute atomic E-state index is 12.9. The second kappa shape index (κ2) is 6.40. The van der Waals surface area contributed by atoms with Gasteiger partial charge < -0.3 is 5.32 Å². The topological polar surface area (TPSA) is 12.0 Å². The van der Waals surface area contributed by atoms with Crippen molar-refractivity contribution in [2.75, 3.05) is 0 Å². The first-order valence-corrected chi connectivity index (χ1v) is 7.44. The van der Waals surface area contributed by atoms with E-state index in [2.05, 4.69) is 57.3 Å². The Morgan fingerprint density at radius 2 is 1.52 bits per heavy atom. The van der Waals surface area contributed by atoms with Crippen LogP contribution in [0.1, 0.15) is 50.4 Å². The van der Waals surface area contributed by atoms with Crippen LogP contribution in [0.2, 0.25) is 0 Å². The number of hydrogen-bond donors (Lipinski definition) is 1. The van der Waals surface area contributed by atoms with Gasteiger partial charge in [-0.3, -0.25) is 0 Å². The standard InChI is InChI=1S/C19H24FN/c1-14(16-7-11-18(20)12-8-16)21-13-15-5-9-17(10-6-15)19(2,3)4/h5-12,14,21H,13H2,1-4H3. The lowest BCUT2D eigenvalue weighted by Crippen LogP contribution is -2.18. The monoisotopic (exact) mass is 285 g/mol. The summed E-state index contributed by atoms with van der Waals surface area (Å²) in [6.45, 7) is 9.56. The Morgan fingerprint density at radius 3 is 2.05 bits per heavy atom. The van der Waals surface area contributed by atoms with E-state index in [9.17, 15) is 4.39 Å². The highest BCUT2D eigenvalue weighted by molar-refractivity contribution is 5.27. The molecule has 112 valence electrons. The van der Waals surface area contributed by atoms with Gasteiger partial charge in [-0.1, -0.05) is 57.2 Å². The Labute approximate surface area is 127 Å². The van der Waals surface area contributed by atoms with Crippen molar-refractivity contribution in [1.29, 1.82) is 0 Å². The zero-order chi connectivity index (χ0) is 15.5. The van der Waals surface area contributed by atoms with E-state index in [1.807, 2.05) is 12.1 Å². The van der Waals surface area contributed by atoms with Gasteiger partial charge in [0.2, 0.25) is 0 Å². The Bertz CT molecular complexity index is 564. The molecule has 2 aromatic carbocycles. The van der Waals surface area contributed by atoms with Gasteiger partial charge in [-0.15, -0.1) is 0 Å². The van der Waals surface area contributed by atoms with Gasteiger partial charge in [-0.05, 0) is 41.2 Å². The average Bonchev–Trinajstić information content (AvgIpc) is 2.45. The van der Waals surface area contributed by atoms with E-state index in [0.717, 1.165) is 12.1 Å². The molecule has 0 spiro atoms. The molecule has 0 aliphatic rings. The van der Waals surface area contributed by atoms with E-state index in [1.54, 1.807) is 0 Å². The quantitative estimate of drug-likeness (QED) is 0.836. The van der Waals surface area contributed by atoms with Crippen molar-refractivity contribution < 1.29 is 4.39 Å². The first-order valence-electron chi connectivity index (χ1n) is 7.44. The fraction of sp³-hybridized carbons (Fsp3) is 0.368. The summed E-state index contributed by atoms with van der Waals surface area (Å²) in [6, 6.07) is 15.6. The summed E-state index contributed by atoms with van der Waals surface area (Å²) in [5.74, 6) is -0.191. The minimum atomic E-state index is -0.191. The first kappa shape index (κ1) is 15.7. The van der Waals surface area contributed by atoms with E-state index in [1.165, 1.54) is 23.3 Å². The zero-order valence-electron chi connectivity index (χ0n) is 13.3. The highest BCUT2D eigenvalue weighted by Crippen LogP contribution is 2.22. The molecular weight excluding hydrogens is 261 g/mol. The number of hydrogen-bond acceptors (Lipinski definition) is 1. The van der Waals surface area contributed by atoms with Crippen LogP contribution in [-0.2, 0) is 12.0 Å². The van der Waals surface area contributed by atoms with Crippen LogP contribution >= 0.6 is 0 Å². The number of benzene rings is 2. The first-order chi connectivity index (χ1) is 9.86. The molecule has 2 heteroatoms. The fourth-order valence-electron chi connectivity index (χ4n) is 2.26. The number of nitrogens with one attached hydrogen (secondary N) is 1. The normalized spacial score (nSPS) is 13.2. The molecule has 0 radical (unpaired) electrons. The summed E-state index contributed by atoms with van der Waals surface area (Å²) in [7, 11) is 0. The van der Waals surface area contributed by atoms with Crippen LogP contribution in [0, 0.1) is 5.82 Å². The lowest BCUT2D eigenvalue weighted by atomic mass is 9.87. The Kier molecular flexibility index (Phi) is 4.79. The molecule has 1 atom stereocenters. The molecule has 0 heterocycles. The number of halogens is 1. The summed E-state index contributed by atoms with van der Waals surface area (Å²) in [6.07, 6.45) is 0. The molecule has 2 rings (SSSR count). The average molecular weight is 285 g/mol. The SMILES string of the molecule is CC(NCc1ccc(C(C)(C)C)cc1)c1ccc(F)cc1. The van der Waals surface area contributed by atoms with Gasteiger partial charge >= 0.3 is 0 Å². The summed E-state index contributed by atoms with van der Waals surface area (Å²) >= 11 is 0. The van der Waals surface area contributed by atoms with Gasteiger partial charge in [0.05, 0.1) is 0 Å². The fourth-order valence-corrected chi connectivity index (χ4v) is 2.26. The molecule has 1 unspecified atom stereocenters. The highest BCUT2D eigenvalue weighted by atomic mass is 19.1. The third-order valence-electron chi connectivity index (χ3n) is 3.80. The molecule has 0 fully saturated rings. The van der Waals surface area contributed by atoms with Crippen molar-refractivity contribution in [3.63, 3.8) is 0 Å². The van der Waals surface area contributed by atoms with Gasteiger partial charge in [-0.25, -0.2) is 4.39 Å². The van der Waals surface area contributed by atoms with Crippen molar-refractivity contribution >= 4 is 0 Å². The molecule has 1 N–H and O–H groups in total. The molecule has 0 saturated heterocycles. The van der Waals surface area contributed by atoms with Crippen LogP contribution in [0.5, 0.6) is 0 Å². The zero-order valence-corrected chi connectivity index (χ0v) is 13.3. The van der Waals surface area contributed by atoms with Crippen molar-refractivity contribution in [3.05, 3.63) is 71.0 Å². The van der Waals surface area contributed by atoms with Crippen molar-refractivity contribution in [1.82, 2.24) is 5.32 Å². The van der Waals surface area contributed by atoms with Crippen LogP contribution < -0.4 is 5.32 Å². The Balaban J connectivity index is 1.95. The molecule has 0 aliphatic heterocycles. The van der Waals surface area contributed by atoms with Crippen molar-refractivity contribution in [2.24, 2.45) is 0 Å².